The summed E-state index contributed by atoms with van der Waals surface area (Å²) in [6, 6.07) is 14.0. The summed E-state index contributed by atoms with van der Waals surface area (Å²) < 4.78 is 18.6. The number of aryl methyl sites for hydroxylation is 1. The monoisotopic (exact) mass is 301 g/mol. The van der Waals surface area contributed by atoms with Crippen LogP contribution in [0.15, 0.2) is 48.5 Å². The maximum atomic E-state index is 13.4. The molecule has 22 heavy (non-hydrogen) atoms. The van der Waals surface area contributed by atoms with Crippen LogP contribution in [0.3, 0.4) is 0 Å². The number of carbonyl (C=O) groups excluding carboxylic acids is 1. The van der Waals surface area contributed by atoms with Crippen LogP contribution in [-0.2, 0) is 4.79 Å². The van der Waals surface area contributed by atoms with Crippen LogP contribution < -0.4 is 10.1 Å². The van der Waals surface area contributed by atoms with Gasteiger partial charge in [-0.1, -0.05) is 48.9 Å². The predicted octanol–water partition coefficient (Wildman–Crippen LogP) is 3.78. The van der Waals surface area contributed by atoms with E-state index in [1.807, 2.05) is 38.1 Å². The van der Waals surface area contributed by atoms with Crippen molar-refractivity contribution in [1.82, 2.24) is 5.32 Å². The van der Waals surface area contributed by atoms with Crippen molar-refractivity contribution in [1.29, 1.82) is 0 Å². The molecule has 0 aliphatic carbocycles. The molecule has 1 N–H and O–H groups in total. The van der Waals surface area contributed by atoms with Crippen molar-refractivity contribution in [2.75, 3.05) is 6.61 Å². The molecule has 1 amide bonds. The minimum atomic E-state index is -0.471. The van der Waals surface area contributed by atoms with E-state index in [1.54, 1.807) is 12.1 Å². The SMILES string of the molecule is CC[C@@H](NC(=O)COc1ccccc1F)c1ccc(C)cc1. The Kier molecular flexibility index (Phi) is 5.53. The summed E-state index contributed by atoms with van der Waals surface area (Å²) in [5.74, 6) is -0.655. The molecule has 116 valence electrons. The summed E-state index contributed by atoms with van der Waals surface area (Å²) in [5.41, 5.74) is 2.22. The molecule has 0 unspecified atom stereocenters. The minimum Gasteiger partial charge on any atom is -0.481 e. The molecule has 2 rings (SSSR count). The highest BCUT2D eigenvalue weighted by molar-refractivity contribution is 5.78. The fourth-order valence-corrected chi connectivity index (χ4v) is 2.16. The second kappa shape index (κ2) is 7.59. The fourth-order valence-electron chi connectivity index (χ4n) is 2.16. The van der Waals surface area contributed by atoms with Gasteiger partial charge < -0.3 is 10.1 Å². The lowest BCUT2D eigenvalue weighted by Gasteiger charge is -2.18. The van der Waals surface area contributed by atoms with Gasteiger partial charge in [0.25, 0.3) is 5.91 Å². The maximum absolute atomic E-state index is 13.4. The normalized spacial score (nSPS) is 11.8. The van der Waals surface area contributed by atoms with Crippen LogP contribution in [0.25, 0.3) is 0 Å². The first-order valence-corrected chi connectivity index (χ1v) is 7.33. The molecule has 0 heterocycles. The van der Waals surface area contributed by atoms with Crippen molar-refractivity contribution < 1.29 is 13.9 Å². The number of benzene rings is 2. The first-order valence-electron chi connectivity index (χ1n) is 7.33. The zero-order valence-electron chi connectivity index (χ0n) is 12.8. The Balaban J connectivity index is 1.92. The summed E-state index contributed by atoms with van der Waals surface area (Å²) in [7, 11) is 0. The lowest BCUT2D eigenvalue weighted by molar-refractivity contribution is -0.123. The molecule has 4 heteroatoms. The Morgan fingerprint density at radius 3 is 2.50 bits per heavy atom. The van der Waals surface area contributed by atoms with E-state index in [2.05, 4.69) is 5.32 Å². The van der Waals surface area contributed by atoms with Crippen LogP contribution in [-0.4, -0.2) is 12.5 Å². The summed E-state index contributed by atoms with van der Waals surface area (Å²) in [4.78, 5) is 12.0. The fraction of sp³-hybridized carbons (Fsp3) is 0.278. The molecule has 0 aromatic heterocycles. The molecule has 0 aliphatic rings. The van der Waals surface area contributed by atoms with Crippen LogP contribution in [0.1, 0.15) is 30.5 Å². The van der Waals surface area contributed by atoms with Gasteiger partial charge in [0.2, 0.25) is 0 Å². The zero-order chi connectivity index (χ0) is 15.9. The van der Waals surface area contributed by atoms with Crippen molar-refractivity contribution >= 4 is 5.91 Å². The van der Waals surface area contributed by atoms with Gasteiger partial charge in [-0.3, -0.25) is 4.79 Å². The Hall–Kier alpha value is -2.36. The molecule has 0 saturated carbocycles. The van der Waals surface area contributed by atoms with Crippen LogP contribution in [0.2, 0.25) is 0 Å². The van der Waals surface area contributed by atoms with Crippen molar-refractivity contribution in [2.45, 2.75) is 26.3 Å². The third-order valence-corrected chi connectivity index (χ3v) is 3.42. The number of hydrogen-bond donors (Lipinski definition) is 1. The minimum absolute atomic E-state index is 0.0719. The summed E-state index contributed by atoms with van der Waals surface area (Å²) in [5, 5.41) is 2.91. The average molecular weight is 301 g/mol. The van der Waals surface area contributed by atoms with Crippen molar-refractivity contribution in [3.8, 4) is 5.75 Å². The third kappa shape index (κ3) is 4.32. The molecule has 2 aromatic carbocycles. The average Bonchev–Trinajstić information content (AvgIpc) is 2.53. The zero-order valence-corrected chi connectivity index (χ0v) is 12.8. The second-order valence-electron chi connectivity index (χ2n) is 5.16. The summed E-state index contributed by atoms with van der Waals surface area (Å²) in [6.45, 7) is 3.82. The smallest absolute Gasteiger partial charge is 0.258 e. The van der Waals surface area contributed by atoms with Crippen LogP contribution in [0.4, 0.5) is 4.39 Å². The lowest BCUT2D eigenvalue weighted by atomic mass is 10.0. The first-order chi connectivity index (χ1) is 10.6. The number of hydrogen-bond acceptors (Lipinski definition) is 2. The number of carbonyl (C=O) groups is 1. The van der Waals surface area contributed by atoms with Gasteiger partial charge in [-0.25, -0.2) is 4.39 Å². The van der Waals surface area contributed by atoms with Crippen LogP contribution in [0.5, 0.6) is 5.75 Å². The number of ether oxygens (including phenoxy) is 1. The number of rotatable bonds is 6. The van der Waals surface area contributed by atoms with E-state index in [0.717, 1.165) is 12.0 Å². The highest BCUT2D eigenvalue weighted by Gasteiger charge is 2.13. The van der Waals surface area contributed by atoms with Gasteiger partial charge in [-0.05, 0) is 31.0 Å². The Morgan fingerprint density at radius 2 is 1.86 bits per heavy atom. The topological polar surface area (TPSA) is 38.3 Å². The van der Waals surface area contributed by atoms with Gasteiger partial charge in [0, 0.05) is 0 Å². The lowest BCUT2D eigenvalue weighted by Crippen LogP contribution is -2.32. The molecule has 0 spiro atoms. The van der Waals surface area contributed by atoms with Crippen molar-refractivity contribution in [3.63, 3.8) is 0 Å². The number of para-hydroxylation sites is 1. The molecular weight excluding hydrogens is 281 g/mol. The van der Waals surface area contributed by atoms with E-state index in [-0.39, 0.29) is 24.3 Å². The molecule has 0 bridgehead atoms. The standard InChI is InChI=1S/C18H20FNO2/c1-3-16(14-10-8-13(2)9-11-14)20-18(21)12-22-17-7-5-4-6-15(17)19/h4-11,16H,3,12H2,1-2H3,(H,20,21)/t16-/m1/s1. The molecule has 3 nitrogen and oxygen atoms in total. The van der Waals surface area contributed by atoms with Gasteiger partial charge in [0.1, 0.15) is 0 Å². The molecular formula is C18H20FNO2. The van der Waals surface area contributed by atoms with Gasteiger partial charge >= 0.3 is 0 Å². The first kappa shape index (κ1) is 16.0. The van der Waals surface area contributed by atoms with E-state index in [4.69, 9.17) is 4.74 Å². The van der Waals surface area contributed by atoms with E-state index < -0.39 is 5.82 Å². The Morgan fingerprint density at radius 1 is 1.18 bits per heavy atom. The Labute approximate surface area is 130 Å². The molecule has 0 aliphatic heterocycles. The number of halogens is 1. The van der Waals surface area contributed by atoms with Crippen LogP contribution in [0, 0.1) is 12.7 Å². The van der Waals surface area contributed by atoms with Gasteiger partial charge in [0.05, 0.1) is 6.04 Å². The predicted molar refractivity (Wildman–Crippen MR) is 84.2 cm³/mol. The van der Waals surface area contributed by atoms with Gasteiger partial charge in [-0.2, -0.15) is 0 Å². The van der Waals surface area contributed by atoms with Crippen LogP contribution >= 0.6 is 0 Å². The number of amides is 1. The largest absolute Gasteiger partial charge is 0.481 e. The molecule has 2 aromatic rings. The van der Waals surface area contributed by atoms with Gasteiger partial charge in [-0.15, -0.1) is 0 Å². The van der Waals surface area contributed by atoms with Crippen molar-refractivity contribution in [2.24, 2.45) is 0 Å². The Bertz CT molecular complexity index is 625. The summed E-state index contributed by atoms with van der Waals surface area (Å²) in [6.07, 6.45) is 0.772. The third-order valence-electron chi connectivity index (χ3n) is 3.42. The summed E-state index contributed by atoms with van der Waals surface area (Å²) >= 11 is 0. The quantitative estimate of drug-likeness (QED) is 0.881. The highest BCUT2D eigenvalue weighted by atomic mass is 19.1. The molecule has 0 fully saturated rings. The number of nitrogens with one attached hydrogen (secondary N) is 1. The molecule has 0 saturated heterocycles. The highest BCUT2D eigenvalue weighted by Crippen LogP contribution is 2.18. The van der Waals surface area contributed by atoms with E-state index in [9.17, 15) is 9.18 Å². The maximum Gasteiger partial charge on any atom is 0.258 e. The van der Waals surface area contributed by atoms with Crippen molar-refractivity contribution in [3.05, 3.63) is 65.5 Å². The van der Waals surface area contributed by atoms with E-state index in [1.165, 1.54) is 17.7 Å². The molecule has 0 radical (unpaired) electrons. The van der Waals surface area contributed by atoms with E-state index >= 15 is 0 Å². The van der Waals surface area contributed by atoms with Gasteiger partial charge in [0.15, 0.2) is 18.2 Å². The molecule has 1 atom stereocenters. The van der Waals surface area contributed by atoms with E-state index in [0.29, 0.717) is 0 Å². The second-order valence-corrected chi connectivity index (χ2v) is 5.16.